The number of pyridine rings is 1. The van der Waals surface area contributed by atoms with Crippen LogP contribution >= 0.6 is 0 Å². The molecule has 15 nitrogen and oxygen atoms in total. The molecule has 2 aromatic heterocycles. The van der Waals surface area contributed by atoms with Crippen molar-refractivity contribution in [2.45, 2.75) is 38.0 Å². The number of nitrogens with zero attached hydrogens (tertiary/aromatic N) is 6. The highest BCUT2D eigenvalue weighted by Gasteiger charge is 2.29. The summed E-state index contributed by atoms with van der Waals surface area (Å²) in [6, 6.07) is 19.8. The predicted molar refractivity (Wildman–Crippen MR) is 230 cm³/mol. The Kier molecular flexibility index (Phi) is 13.2. The Morgan fingerprint density at radius 3 is 2.16 bits per heavy atom. The first-order chi connectivity index (χ1) is 30.5. The first-order valence-corrected chi connectivity index (χ1v) is 20.9. The molecule has 0 saturated carbocycles. The van der Waals surface area contributed by atoms with E-state index in [1.165, 1.54) is 30.3 Å². The zero-order valence-corrected chi connectivity index (χ0v) is 34.3. The van der Waals surface area contributed by atoms with Crippen LogP contribution in [0.5, 0.6) is 0 Å². The van der Waals surface area contributed by atoms with Crippen LogP contribution in [0.3, 0.4) is 0 Å². The molecule has 63 heavy (non-hydrogen) atoms. The van der Waals surface area contributed by atoms with E-state index in [2.05, 4.69) is 51.4 Å². The molecule has 326 valence electrons. The fourth-order valence-electron chi connectivity index (χ4n) is 7.94. The molecular formula is C45H46F3N11O4. The van der Waals surface area contributed by atoms with Crippen molar-refractivity contribution in [2.75, 3.05) is 66.7 Å². The van der Waals surface area contributed by atoms with E-state index in [0.717, 1.165) is 69.9 Å². The van der Waals surface area contributed by atoms with Gasteiger partial charge in [-0.15, -0.1) is 0 Å². The molecule has 3 aliphatic heterocycles. The molecule has 0 spiro atoms. The molecule has 0 radical (unpaired) electrons. The number of carbonyl (C=O) groups is 4. The van der Waals surface area contributed by atoms with Crippen LogP contribution in [0, 0.1) is 23.4 Å². The normalized spacial score (nSPS) is 17.5. The number of aromatic nitrogens is 3. The van der Waals surface area contributed by atoms with Gasteiger partial charge in [-0.05, 0) is 105 Å². The monoisotopic (exact) mass is 861 g/mol. The number of imide groups is 1. The number of hydrogen-bond acceptors (Lipinski definition) is 12. The first-order valence-electron chi connectivity index (χ1n) is 20.9. The van der Waals surface area contributed by atoms with Crippen LogP contribution in [0.1, 0.15) is 64.4 Å². The number of anilines is 6. The summed E-state index contributed by atoms with van der Waals surface area (Å²) in [6.07, 6.45) is 6.44. The predicted octanol–water partition coefficient (Wildman–Crippen LogP) is 6.12. The smallest absolute Gasteiger partial charge is 0.268 e. The van der Waals surface area contributed by atoms with Gasteiger partial charge in [-0.25, -0.2) is 23.2 Å². The lowest BCUT2D eigenvalue weighted by Gasteiger charge is -2.37. The van der Waals surface area contributed by atoms with Crippen molar-refractivity contribution in [1.82, 2.24) is 35.6 Å². The molecule has 5 heterocycles. The molecule has 3 fully saturated rings. The standard InChI is InChI=1S/C45H46F3N11O4/c46-36-4-2-1-3-33(36)42(61)52-30-7-5-29(6-8-30)51-41-38(48)27-50-45(55-41)53-31-9-11-34(37(47)25-31)44(63)56-59-19-16-28(17-20-59)15-18-57-21-23-58(24-22-57)32-10-13-39(49-26-32)35-12-14-40(60)54-43(35)62/h1-11,13,25-28,35H,12,14-24H2,(H,52,61)(H,56,63)(H,54,60,62)(H2,50,51,53,55). The number of hydrogen-bond donors (Lipinski definition) is 5. The van der Waals surface area contributed by atoms with Crippen molar-refractivity contribution in [2.24, 2.45) is 5.92 Å². The molecule has 0 aliphatic carbocycles. The quantitative estimate of drug-likeness (QED) is 0.0860. The summed E-state index contributed by atoms with van der Waals surface area (Å²) in [6.45, 7) is 5.91. The molecule has 18 heteroatoms. The van der Waals surface area contributed by atoms with E-state index in [4.69, 9.17) is 0 Å². The van der Waals surface area contributed by atoms with E-state index < -0.39 is 35.2 Å². The van der Waals surface area contributed by atoms with Crippen molar-refractivity contribution < 1.29 is 32.3 Å². The Bertz CT molecular complexity index is 2460. The zero-order chi connectivity index (χ0) is 43.9. The Morgan fingerprint density at radius 2 is 1.44 bits per heavy atom. The summed E-state index contributed by atoms with van der Waals surface area (Å²) in [4.78, 5) is 66.7. The zero-order valence-electron chi connectivity index (χ0n) is 34.3. The van der Waals surface area contributed by atoms with Crippen molar-refractivity contribution in [3.63, 3.8) is 0 Å². The topological polar surface area (TPSA) is 177 Å². The summed E-state index contributed by atoms with van der Waals surface area (Å²) >= 11 is 0. The maximum Gasteiger partial charge on any atom is 0.268 e. The number of piperazine rings is 1. The van der Waals surface area contributed by atoms with Gasteiger partial charge in [-0.1, -0.05) is 12.1 Å². The van der Waals surface area contributed by atoms with E-state index in [1.54, 1.807) is 30.3 Å². The number of amides is 4. The van der Waals surface area contributed by atoms with Crippen LogP contribution in [0.15, 0.2) is 91.3 Å². The number of piperidine rings is 2. The molecule has 3 saturated heterocycles. The van der Waals surface area contributed by atoms with Crippen LogP contribution in [-0.4, -0.2) is 94.3 Å². The lowest BCUT2D eigenvalue weighted by atomic mass is 9.94. The first kappa shape index (κ1) is 42.8. The highest BCUT2D eigenvalue weighted by Crippen LogP contribution is 2.27. The van der Waals surface area contributed by atoms with Gasteiger partial charge in [0.1, 0.15) is 11.6 Å². The summed E-state index contributed by atoms with van der Waals surface area (Å²) < 4.78 is 43.9. The average Bonchev–Trinajstić information content (AvgIpc) is 3.28. The lowest BCUT2D eigenvalue weighted by molar-refractivity contribution is -0.134. The molecule has 4 amide bonds. The van der Waals surface area contributed by atoms with Gasteiger partial charge in [0.15, 0.2) is 11.6 Å². The molecule has 1 atom stereocenters. The number of nitrogens with one attached hydrogen (secondary N) is 5. The van der Waals surface area contributed by atoms with E-state index in [9.17, 15) is 28.0 Å². The molecule has 3 aliphatic rings. The Labute approximate surface area is 361 Å². The number of rotatable bonds is 13. The molecule has 5 N–H and O–H groups in total. The second kappa shape index (κ2) is 19.4. The average molecular weight is 862 g/mol. The van der Waals surface area contributed by atoms with E-state index >= 15 is 4.39 Å². The summed E-state index contributed by atoms with van der Waals surface area (Å²) in [5.74, 6) is -3.91. The molecule has 5 aromatic rings. The minimum absolute atomic E-state index is 0.0254. The second-order valence-corrected chi connectivity index (χ2v) is 15.8. The Morgan fingerprint density at radius 1 is 0.714 bits per heavy atom. The minimum Gasteiger partial charge on any atom is -0.368 e. The van der Waals surface area contributed by atoms with Crippen LogP contribution in [0.4, 0.5) is 47.7 Å². The Hall–Kier alpha value is -6.92. The van der Waals surface area contributed by atoms with E-state index in [-0.39, 0.29) is 40.4 Å². The molecular weight excluding hydrogens is 816 g/mol. The minimum atomic E-state index is -0.754. The van der Waals surface area contributed by atoms with E-state index in [0.29, 0.717) is 48.9 Å². The number of halogens is 3. The van der Waals surface area contributed by atoms with Gasteiger partial charge < -0.3 is 20.9 Å². The van der Waals surface area contributed by atoms with Gasteiger partial charge in [0.05, 0.1) is 40.8 Å². The van der Waals surface area contributed by atoms with Crippen molar-refractivity contribution in [3.8, 4) is 0 Å². The molecule has 8 rings (SSSR count). The van der Waals surface area contributed by atoms with E-state index in [1.807, 2.05) is 23.3 Å². The van der Waals surface area contributed by atoms with Gasteiger partial charge >= 0.3 is 0 Å². The Balaban J connectivity index is 0.752. The van der Waals surface area contributed by atoms with Crippen molar-refractivity contribution >= 4 is 58.1 Å². The number of benzene rings is 3. The molecule has 1 unspecified atom stereocenters. The number of hydrazine groups is 1. The van der Waals surface area contributed by atoms with Crippen molar-refractivity contribution in [3.05, 3.63) is 126 Å². The van der Waals surface area contributed by atoms with Gasteiger partial charge in [0.2, 0.25) is 17.8 Å². The fraction of sp³-hybridized carbons (Fsp3) is 0.311. The third-order valence-corrected chi connectivity index (χ3v) is 11.6. The highest BCUT2D eigenvalue weighted by atomic mass is 19.1. The second-order valence-electron chi connectivity index (χ2n) is 15.8. The maximum absolute atomic E-state index is 15.3. The van der Waals surface area contributed by atoms with Crippen LogP contribution in [-0.2, 0) is 9.59 Å². The van der Waals surface area contributed by atoms with Crippen LogP contribution < -0.4 is 31.6 Å². The SMILES string of the molecule is O=C1CCC(c2ccc(N3CCN(CCC4CCN(NC(=O)c5ccc(Nc6ncc(F)c(Nc7ccc(NC(=O)c8ccccc8F)cc7)n6)cc5F)CC4)CC3)cn2)C(=O)N1. The van der Waals surface area contributed by atoms with Gasteiger partial charge in [0.25, 0.3) is 11.8 Å². The van der Waals surface area contributed by atoms with Crippen LogP contribution in [0.25, 0.3) is 0 Å². The summed E-state index contributed by atoms with van der Waals surface area (Å²) in [5.41, 5.74) is 5.41. The molecule has 0 bridgehead atoms. The molecule has 3 aromatic carbocycles. The number of carbonyl (C=O) groups excluding carboxylic acids is 4. The summed E-state index contributed by atoms with van der Waals surface area (Å²) in [7, 11) is 0. The highest BCUT2D eigenvalue weighted by molar-refractivity contribution is 6.04. The van der Waals surface area contributed by atoms with Gasteiger partial charge in [-0.2, -0.15) is 4.98 Å². The van der Waals surface area contributed by atoms with Crippen molar-refractivity contribution in [1.29, 1.82) is 0 Å². The van der Waals surface area contributed by atoms with Crippen LogP contribution in [0.2, 0.25) is 0 Å². The maximum atomic E-state index is 15.3. The summed E-state index contributed by atoms with van der Waals surface area (Å²) in [5, 5.41) is 12.5. The fourth-order valence-corrected chi connectivity index (χ4v) is 7.94. The third-order valence-electron chi connectivity index (χ3n) is 11.6. The largest absolute Gasteiger partial charge is 0.368 e. The lowest BCUT2D eigenvalue weighted by Crippen LogP contribution is -2.48. The van der Waals surface area contributed by atoms with Gasteiger partial charge in [0, 0.05) is 62.8 Å². The van der Waals surface area contributed by atoms with Gasteiger partial charge in [-0.3, -0.25) is 39.8 Å². The third kappa shape index (κ3) is 10.8.